The van der Waals surface area contributed by atoms with Crippen LogP contribution in [0.4, 0.5) is 0 Å². The predicted octanol–water partition coefficient (Wildman–Crippen LogP) is 1.92. The Bertz CT molecular complexity index is 453. The molecule has 0 saturated carbocycles. The molecule has 2 rings (SSSR count). The molecule has 1 N–H and O–H groups in total. The van der Waals surface area contributed by atoms with Crippen molar-refractivity contribution in [3.05, 3.63) is 23.3 Å². The van der Waals surface area contributed by atoms with Gasteiger partial charge in [0.25, 0.3) is 0 Å². The normalized spacial score (nSPS) is 22.9. The molecule has 4 nitrogen and oxygen atoms in total. The molecular weight excluding hydrogens is 208 g/mol. The summed E-state index contributed by atoms with van der Waals surface area (Å²) in [6, 6.07) is 3.68. The molecule has 86 valence electrons. The number of aryl methyl sites for hydroxylation is 2. The fourth-order valence-corrected chi connectivity index (χ4v) is 1.55. The Morgan fingerprint density at radius 3 is 2.44 bits per heavy atom. The van der Waals surface area contributed by atoms with Crippen molar-refractivity contribution in [3.63, 3.8) is 0 Å². The Kier molecular flexibility index (Phi) is 2.30. The van der Waals surface area contributed by atoms with Crippen molar-refractivity contribution in [1.82, 2.24) is 0 Å². The number of carboxylic acid groups (broad SMARTS) is 1. The largest absolute Gasteiger partial charge is 0.485 e. The highest BCUT2D eigenvalue weighted by atomic mass is 16.6. The number of hydrogen-bond acceptors (Lipinski definition) is 3. The van der Waals surface area contributed by atoms with Crippen LogP contribution >= 0.6 is 0 Å². The number of hydrogen-bond donors (Lipinski definition) is 1. The van der Waals surface area contributed by atoms with E-state index in [0.717, 1.165) is 11.1 Å². The zero-order valence-electron chi connectivity index (χ0n) is 9.53. The van der Waals surface area contributed by atoms with Gasteiger partial charge in [-0.25, -0.2) is 4.79 Å². The number of aliphatic carboxylic acids is 1. The molecule has 0 aromatic heterocycles. The number of ether oxygens (including phenoxy) is 2. The van der Waals surface area contributed by atoms with E-state index in [1.165, 1.54) is 6.92 Å². The van der Waals surface area contributed by atoms with Gasteiger partial charge in [-0.05, 0) is 44.0 Å². The minimum absolute atomic E-state index is 0.0256. The first-order valence-corrected chi connectivity index (χ1v) is 5.09. The summed E-state index contributed by atoms with van der Waals surface area (Å²) in [6.45, 7) is 5.46. The van der Waals surface area contributed by atoms with Crippen LogP contribution in [0.5, 0.6) is 11.5 Å². The molecule has 0 amide bonds. The molecule has 0 spiro atoms. The van der Waals surface area contributed by atoms with Crippen LogP contribution in [0.15, 0.2) is 12.1 Å². The lowest BCUT2D eigenvalue weighted by molar-refractivity contribution is -0.158. The van der Waals surface area contributed by atoms with E-state index in [0.29, 0.717) is 11.5 Å². The molecule has 1 aromatic carbocycles. The molecule has 4 heteroatoms. The topological polar surface area (TPSA) is 55.8 Å². The molecule has 1 atom stereocenters. The van der Waals surface area contributed by atoms with Gasteiger partial charge < -0.3 is 14.6 Å². The fourth-order valence-electron chi connectivity index (χ4n) is 1.55. The quantitative estimate of drug-likeness (QED) is 0.788. The lowest BCUT2D eigenvalue weighted by atomic mass is 10.0. The van der Waals surface area contributed by atoms with Crippen LogP contribution in [0.1, 0.15) is 18.1 Å². The summed E-state index contributed by atoms with van der Waals surface area (Å²) in [6.07, 6.45) is 0. The molecule has 0 bridgehead atoms. The summed E-state index contributed by atoms with van der Waals surface area (Å²) < 4.78 is 10.9. The molecular formula is C12H14O4. The number of rotatable bonds is 1. The van der Waals surface area contributed by atoms with Gasteiger partial charge in [0, 0.05) is 0 Å². The van der Waals surface area contributed by atoms with Gasteiger partial charge in [-0.15, -0.1) is 0 Å². The van der Waals surface area contributed by atoms with Gasteiger partial charge in [0.1, 0.15) is 6.61 Å². The molecule has 1 aromatic rings. The van der Waals surface area contributed by atoms with Gasteiger partial charge in [0.05, 0.1) is 0 Å². The number of carbonyl (C=O) groups is 1. The zero-order valence-corrected chi connectivity index (χ0v) is 9.53. The Hall–Kier alpha value is -1.71. The number of benzene rings is 1. The van der Waals surface area contributed by atoms with Gasteiger partial charge in [0.2, 0.25) is 5.60 Å². The molecule has 1 aliphatic heterocycles. The summed E-state index contributed by atoms with van der Waals surface area (Å²) in [7, 11) is 0. The molecule has 0 fully saturated rings. The van der Waals surface area contributed by atoms with Crippen LogP contribution in [-0.2, 0) is 4.79 Å². The average molecular weight is 222 g/mol. The Balaban J connectivity index is 2.41. The lowest BCUT2D eigenvalue weighted by Gasteiger charge is -2.32. The van der Waals surface area contributed by atoms with Crippen LogP contribution in [0.25, 0.3) is 0 Å². The highest BCUT2D eigenvalue weighted by Crippen LogP contribution is 2.37. The second-order valence-corrected chi connectivity index (χ2v) is 4.31. The SMILES string of the molecule is Cc1cc2c(cc1C)OC(C)(C(=O)O)CO2. The number of fused-ring (bicyclic) bond motifs is 1. The maximum atomic E-state index is 11.0. The molecule has 0 radical (unpaired) electrons. The highest BCUT2D eigenvalue weighted by molar-refractivity contribution is 5.78. The monoisotopic (exact) mass is 222 g/mol. The van der Waals surface area contributed by atoms with E-state index < -0.39 is 11.6 Å². The van der Waals surface area contributed by atoms with Crippen LogP contribution in [0.3, 0.4) is 0 Å². The number of carboxylic acids is 1. The van der Waals surface area contributed by atoms with Crippen LogP contribution in [-0.4, -0.2) is 23.3 Å². The maximum Gasteiger partial charge on any atom is 0.351 e. The van der Waals surface area contributed by atoms with E-state index in [4.69, 9.17) is 14.6 Å². The average Bonchev–Trinajstić information content (AvgIpc) is 2.20. The van der Waals surface area contributed by atoms with Gasteiger partial charge in [-0.2, -0.15) is 0 Å². The minimum atomic E-state index is -1.30. The van der Waals surface area contributed by atoms with Crippen molar-refractivity contribution < 1.29 is 19.4 Å². The van der Waals surface area contributed by atoms with Crippen molar-refractivity contribution in [1.29, 1.82) is 0 Å². The third kappa shape index (κ3) is 1.60. The third-order valence-electron chi connectivity index (χ3n) is 2.85. The Morgan fingerprint density at radius 1 is 1.31 bits per heavy atom. The van der Waals surface area contributed by atoms with E-state index in [-0.39, 0.29) is 6.61 Å². The van der Waals surface area contributed by atoms with E-state index in [2.05, 4.69) is 0 Å². The zero-order chi connectivity index (χ0) is 11.9. The molecule has 0 aliphatic carbocycles. The predicted molar refractivity (Wildman–Crippen MR) is 58.1 cm³/mol. The van der Waals surface area contributed by atoms with Crippen LogP contribution in [0, 0.1) is 13.8 Å². The second kappa shape index (κ2) is 3.40. The van der Waals surface area contributed by atoms with E-state index in [1.54, 1.807) is 0 Å². The van der Waals surface area contributed by atoms with Crippen molar-refractivity contribution in [2.24, 2.45) is 0 Å². The Labute approximate surface area is 93.8 Å². The standard InChI is InChI=1S/C12H14O4/c1-7-4-9-10(5-8(7)2)16-12(3,6-15-9)11(13)14/h4-5H,6H2,1-3H3,(H,13,14). The first-order valence-electron chi connectivity index (χ1n) is 5.09. The maximum absolute atomic E-state index is 11.0. The summed E-state index contributed by atoms with van der Waals surface area (Å²) in [4.78, 5) is 11.0. The van der Waals surface area contributed by atoms with Gasteiger partial charge in [-0.1, -0.05) is 0 Å². The minimum Gasteiger partial charge on any atom is -0.485 e. The molecule has 16 heavy (non-hydrogen) atoms. The van der Waals surface area contributed by atoms with Crippen LogP contribution < -0.4 is 9.47 Å². The molecule has 1 aliphatic rings. The van der Waals surface area contributed by atoms with Gasteiger partial charge >= 0.3 is 5.97 Å². The summed E-state index contributed by atoms with van der Waals surface area (Å²) in [5.74, 6) is 0.0949. The van der Waals surface area contributed by atoms with Crippen LogP contribution in [0.2, 0.25) is 0 Å². The van der Waals surface area contributed by atoms with Gasteiger partial charge in [0.15, 0.2) is 11.5 Å². The van der Waals surface area contributed by atoms with E-state index in [9.17, 15) is 4.79 Å². The summed E-state index contributed by atoms with van der Waals surface area (Å²) in [5.41, 5.74) is 0.854. The fraction of sp³-hybridized carbons (Fsp3) is 0.417. The van der Waals surface area contributed by atoms with Gasteiger partial charge in [-0.3, -0.25) is 0 Å². The molecule has 0 saturated heterocycles. The Morgan fingerprint density at radius 2 is 1.88 bits per heavy atom. The first kappa shape index (κ1) is 10.8. The molecule has 1 unspecified atom stereocenters. The molecule has 1 heterocycles. The van der Waals surface area contributed by atoms with E-state index >= 15 is 0 Å². The second-order valence-electron chi connectivity index (χ2n) is 4.31. The van der Waals surface area contributed by atoms with Crippen molar-refractivity contribution >= 4 is 5.97 Å². The summed E-state index contributed by atoms with van der Waals surface area (Å²) >= 11 is 0. The third-order valence-corrected chi connectivity index (χ3v) is 2.85. The van der Waals surface area contributed by atoms with Crippen molar-refractivity contribution in [2.75, 3.05) is 6.61 Å². The summed E-state index contributed by atoms with van der Waals surface area (Å²) in [5, 5.41) is 9.04. The van der Waals surface area contributed by atoms with E-state index in [1.807, 2.05) is 26.0 Å². The lowest BCUT2D eigenvalue weighted by Crippen LogP contribution is -2.49. The highest BCUT2D eigenvalue weighted by Gasteiger charge is 2.40. The smallest absolute Gasteiger partial charge is 0.351 e. The van der Waals surface area contributed by atoms with Crippen molar-refractivity contribution in [3.8, 4) is 11.5 Å². The van der Waals surface area contributed by atoms with Crippen molar-refractivity contribution in [2.45, 2.75) is 26.4 Å². The first-order chi connectivity index (χ1) is 7.42.